The molecule has 88 valence electrons. The fourth-order valence-corrected chi connectivity index (χ4v) is 0.668. The van der Waals surface area contributed by atoms with Gasteiger partial charge in [0.1, 0.15) is 6.34 Å². The highest BCUT2D eigenvalue weighted by atomic mass is 32.1. The molecule has 0 saturated heterocycles. The zero-order valence-corrected chi connectivity index (χ0v) is 9.25. The van der Waals surface area contributed by atoms with Gasteiger partial charge in [-0.25, -0.2) is 15.6 Å². The van der Waals surface area contributed by atoms with Gasteiger partial charge in [0.15, 0.2) is 5.11 Å². The van der Waals surface area contributed by atoms with Crippen molar-refractivity contribution in [3.63, 3.8) is 0 Å². The lowest BCUT2D eigenvalue weighted by Gasteiger charge is -2.00. The Kier molecular flexibility index (Phi) is 13.5. The molecule has 0 heterocycles. The van der Waals surface area contributed by atoms with Gasteiger partial charge in [0.05, 0.1) is 0 Å². The second-order valence-corrected chi connectivity index (χ2v) is 2.68. The normalized spacial score (nSPS) is 8.93. The summed E-state index contributed by atoms with van der Waals surface area (Å²) in [5, 5.41) is 17.4. The summed E-state index contributed by atoms with van der Waals surface area (Å²) in [4.78, 5) is 12.3. The van der Waals surface area contributed by atoms with E-state index in [1.165, 1.54) is 6.34 Å². The van der Waals surface area contributed by atoms with Crippen molar-refractivity contribution < 1.29 is 15.0 Å². The number of carbonyl (C=O) groups is 1. The maximum atomic E-state index is 8.56. The lowest BCUT2D eigenvalue weighted by atomic mass is 10.3. The molecule has 0 aliphatic heterocycles. The topological polar surface area (TPSA) is 120 Å². The average molecular weight is 236 g/mol. The smallest absolute Gasteiger partial charge is 0.450 e. The van der Waals surface area contributed by atoms with E-state index < -0.39 is 6.16 Å². The van der Waals surface area contributed by atoms with Crippen LogP contribution in [0, 0.1) is 0 Å². The van der Waals surface area contributed by atoms with Gasteiger partial charge in [-0.15, -0.1) is 0 Å². The van der Waals surface area contributed by atoms with E-state index in [1.54, 1.807) is 0 Å². The Morgan fingerprint density at radius 3 is 2.53 bits per heavy atom. The second kappa shape index (κ2) is 12.6. The molecular weight excluding hydrogens is 220 g/mol. The van der Waals surface area contributed by atoms with Crippen molar-refractivity contribution in [2.75, 3.05) is 6.54 Å². The first kappa shape index (κ1) is 16.0. The number of nitrogens with zero attached hydrogens (tertiary/aromatic N) is 1. The molecule has 0 fully saturated rings. The Labute approximate surface area is 93.3 Å². The SMILES string of the molecule is CCCCNC(=S)N=CNN.O=C(O)O. The molecule has 0 radical (unpaired) electrons. The zero-order valence-electron chi connectivity index (χ0n) is 8.43. The van der Waals surface area contributed by atoms with E-state index in [9.17, 15) is 0 Å². The van der Waals surface area contributed by atoms with Gasteiger partial charge in [-0.3, -0.25) is 0 Å². The minimum atomic E-state index is -1.83. The van der Waals surface area contributed by atoms with E-state index >= 15 is 0 Å². The molecule has 0 spiro atoms. The molecule has 0 amide bonds. The van der Waals surface area contributed by atoms with E-state index in [0.717, 1.165) is 19.4 Å². The first-order valence-electron chi connectivity index (χ1n) is 4.23. The van der Waals surface area contributed by atoms with Crippen molar-refractivity contribution in [3.8, 4) is 0 Å². The van der Waals surface area contributed by atoms with Crippen molar-refractivity contribution in [2.45, 2.75) is 19.8 Å². The Hall–Kier alpha value is -1.41. The summed E-state index contributed by atoms with van der Waals surface area (Å²) < 4.78 is 0. The molecule has 0 aromatic carbocycles. The first-order valence-corrected chi connectivity index (χ1v) is 4.63. The molecule has 7 nitrogen and oxygen atoms in total. The number of nitrogens with two attached hydrogens (primary N) is 1. The standard InChI is InChI=1S/C6H14N4S.CH2O3/c1-2-3-4-8-6(11)9-5-10-7;2-1(3)4/h5H,2-4,7H2,1H3,(H2,8,9,10,11);(H2,2,3,4). The predicted molar refractivity (Wildman–Crippen MR) is 62.0 cm³/mol. The van der Waals surface area contributed by atoms with Gasteiger partial charge in [0.25, 0.3) is 0 Å². The van der Waals surface area contributed by atoms with Crippen LogP contribution >= 0.6 is 12.2 Å². The predicted octanol–water partition coefficient (Wildman–Crippen LogP) is 0.375. The highest BCUT2D eigenvalue weighted by Crippen LogP contribution is 1.83. The summed E-state index contributed by atoms with van der Waals surface area (Å²) in [6.07, 6.45) is 1.77. The van der Waals surface area contributed by atoms with Crippen LogP contribution < -0.4 is 16.6 Å². The van der Waals surface area contributed by atoms with Gasteiger partial charge < -0.3 is 21.0 Å². The number of carboxylic acid groups (broad SMARTS) is 2. The summed E-state index contributed by atoms with van der Waals surface area (Å²) in [6, 6.07) is 0. The van der Waals surface area contributed by atoms with Crippen LogP contribution in [0.5, 0.6) is 0 Å². The molecule has 0 atom stereocenters. The summed E-state index contributed by atoms with van der Waals surface area (Å²) in [6.45, 7) is 2.99. The third-order valence-corrected chi connectivity index (χ3v) is 1.31. The highest BCUT2D eigenvalue weighted by molar-refractivity contribution is 7.80. The minimum absolute atomic E-state index is 0.469. The van der Waals surface area contributed by atoms with Gasteiger partial charge in [-0.2, -0.15) is 0 Å². The maximum Gasteiger partial charge on any atom is 0.503 e. The van der Waals surface area contributed by atoms with Crippen molar-refractivity contribution in [2.24, 2.45) is 10.8 Å². The molecule has 0 aliphatic rings. The Balaban J connectivity index is 0. The molecule has 0 aromatic heterocycles. The molecule has 0 aromatic rings. The number of rotatable bonds is 4. The average Bonchev–Trinajstić information content (AvgIpc) is 2.14. The van der Waals surface area contributed by atoms with E-state index in [4.69, 9.17) is 33.1 Å². The van der Waals surface area contributed by atoms with E-state index in [1.807, 2.05) is 0 Å². The lowest BCUT2D eigenvalue weighted by Crippen LogP contribution is -2.24. The maximum absolute atomic E-state index is 8.56. The number of unbranched alkanes of at least 4 members (excludes halogenated alkanes) is 1. The van der Waals surface area contributed by atoms with E-state index in [0.29, 0.717) is 5.11 Å². The van der Waals surface area contributed by atoms with Crippen LogP contribution in [0.15, 0.2) is 4.99 Å². The third kappa shape index (κ3) is 24.5. The molecule has 0 unspecified atom stereocenters. The molecule has 0 bridgehead atoms. The van der Waals surface area contributed by atoms with Crippen molar-refractivity contribution >= 4 is 29.8 Å². The second-order valence-electron chi connectivity index (χ2n) is 2.29. The molecule has 0 rings (SSSR count). The number of nitrogens with one attached hydrogen (secondary N) is 2. The summed E-state index contributed by atoms with van der Waals surface area (Å²) in [5.41, 5.74) is 2.27. The fraction of sp³-hybridized carbons (Fsp3) is 0.571. The Morgan fingerprint density at radius 1 is 1.60 bits per heavy atom. The quantitative estimate of drug-likeness (QED) is 0.119. The van der Waals surface area contributed by atoms with Crippen LogP contribution in [0.2, 0.25) is 0 Å². The van der Waals surface area contributed by atoms with Crippen LogP contribution in [-0.2, 0) is 0 Å². The van der Waals surface area contributed by atoms with Crippen LogP contribution in [-0.4, -0.2) is 34.4 Å². The molecular formula is C7H16N4O3S. The molecule has 8 heteroatoms. The van der Waals surface area contributed by atoms with Crippen molar-refractivity contribution in [1.29, 1.82) is 0 Å². The van der Waals surface area contributed by atoms with Crippen LogP contribution in [0.4, 0.5) is 4.79 Å². The summed E-state index contributed by atoms with van der Waals surface area (Å²) >= 11 is 4.83. The van der Waals surface area contributed by atoms with Gasteiger partial charge in [0.2, 0.25) is 0 Å². The number of aliphatic imine (C=N–C) groups is 1. The molecule has 15 heavy (non-hydrogen) atoms. The highest BCUT2D eigenvalue weighted by Gasteiger charge is 1.87. The van der Waals surface area contributed by atoms with Gasteiger partial charge in [0, 0.05) is 6.54 Å². The van der Waals surface area contributed by atoms with Crippen molar-refractivity contribution in [1.82, 2.24) is 10.7 Å². The van der Waals surface area contributed by atoms with Crippen LogP contribution in [0.25, 0.3) is 0 Å². The summed E-state index contributed by atoms with van der Waals surface area (Å²) in [7, 11) is 0. The zero-order chi connectivity index (χ0) is 12.1. The number of hydrogen-bond donors (Lipinski definition) is 5. The first-order chi connectivity index (χ1) is 7.04. The fourth-order valence-electron chi connectivity index (χ4n) is 0.514. The van der Waals surface area contributed by atoms with E-state index in [2.05, 4.69) is 22.7 Å². The minimum Gasteiger partial charge on any atom is -0.450 e. The van der Waals surface area contributed by atoms with Gasteiger partial charge in [-0.1, -0.05) is 13.3 Å². The van der Waals surface area contributed by atoms with Crippen LogP contribution in [0.3, 0.4) is 0 Å². The molecule has 6 N–H and O–H groups in total. The van der Waals surface area contributed by atoms with Crippen molar-refractivity contribution in [3.05, 3.63) is 0 Å². The van der Waals surface area contributed by atoms with Crippen LogP contribution in [0.1, 0.15) is 19.8 Å². The van der Waals surface area contributed by atoms with Gasteiger partial charge >= 0.3 is 6.16 Å². The Bertz CT molecular complexity index is 206. The van der Waals surface area contributed by atoms with E-state index in [-0.39, 0.29) is 0 Å². The number of thiocarbonyl (C=S) groups is 1. The summed E-state index contributed by atoms with van der Waals surface area (Å²) in [5.74, 6) is 4.94. The monoisotopic (exact) mass is 236 g/mol. The lowest BCUT2D eigenvalue weighted by molar-refractivity contribution is 0.137. The number of hydrogen-bond acceptors (Lipinski definition) is 3. The van der Waals surface area contributed by atoms with Gasteiger partial charge in [-0.05, 0) is 18.6 Å². The third-order valence-electron chi connectivity index (χ3n) is 1.06. The largest absolute Gasteiger partial charge is 0.503 e. The number of hydrazine groups is 1. The Morgan fingerprint density at radius 2 is 2.13 bits per heavy atom. The molecule has 0 aliphatic carbocycles. The molecule has 0 saturated carbocycles.